The van der Waals surface area contributed by atoms with E-state index in [2.05, 4.69) is 50.4 Å². The first-order valence-corrected chi connectivity index (χ1v) is 8.78. The van der Waals surface area contributed by atoms with Gasteiger partial charge in [0.1, 0.15) is 6.54 Å². The molecule has 1 atom stereocenters. The van der Waals surface area contributed by atoms with Crippen molar-refractivity contribution < 1.29 is 9.69 Å². The van der Waals surface area contributed by atoms with Gasteiger partial charge in [-0.1, -0.05) is 28.1 Å². The minimum atomic E-state index is 0.0270. The van der Waals surface area contributed by atoms with Gasteiger partial charge < -0.3 is 15.1 Å². The Morgan fingerprint density at radius 1 is 1.17 bits per heavy atom. The first-order chi connectivity index (χ1) is 11.3. The zero-order valence-corrected chi connectivity index (χ0v) is 16.3. The van der Waals surface area contributed by atoms with Gasteiger partial charge in [0.05, 0.1) is 7.05 Å². The summed E-state index contributed by atoms with van der Waals surface area (Å²) < 4.78 is 1.05. The van der Waals surface area contributed by atoms with Crippen LogP contribution in [0.25, 0.3) is 0 Å². The third-order valence-corrected chi connectivity index (χ3v) is 4.75. The van der Waals surface area contributed by atoms with Gasteiger partial charge in [-0.25, -0.2) is 0 Å². The summed E-state index contributed by atoms with van der Waals surface area (Å²) in [6, 6.07) is 14.3. The third-order valence-electron chi connectivity index (χ3n) is 3.86. The van der Waals surface area contributed by atoms with E-state index in [-0.39, 0.29) is 5.91 Å². The standard InChI is InChI=1S/C19H24BrN3O/c1-14-11-16(7-10-18(14)20)21-19(24)13-23(4)12-15-5-8-17(9-6-15)22(2)3/h5-11H,12-13H2,1-4H3,(H,21,24)/p+1. The Kier molecular flexibility index (Phi) is 6.40. The van der Waals surface area contributed by atoms with Crippen LogP contribution < -0.4 is 15.1 Å². The fourth-order valence-corrected chi connectivity index (χ4v) is 2.77. The van der Waals surface area contributed by atoms with Crippen LogP contribution in [0.2, 0.25) is 0 Å². The summed E-state index contributed by atoms with van der Waals surface area (Å²) in [5.74, 6) is 0.0270. The topological polar surface area (TPSA) is 36.8 Å². The summed E-state index contributed by atoms with van der Waals surface area (Å²) in [6.07, 6.45) is 0. The largest absolute Gasteiger partial charge is 0.378 e. The second kappa shape index (κ2) is 8.31. The van der Waals surface area contributed by atoms with Crippen molar-refractivity contribution in [2.24, 2.45) is 0 Å². The molecule has 0 aliphatic carbocycles. The number of aryl methyl sites for hydroxylation is 1. The molecule has 0 spiro atoms. The molecule has 0 heterocycles. The lowest BCUT2D eigenvalue weighted by molar-refractivity contribution is -0.885. The van der Waals surface area contributed by atoms with E-state index in [1.807, 2.05) is 46.3 Å². The molecule has 2 aromatic carbocycles. The van der Waals surface area contributed by atoms with Gasteiger partial charge in [0.2, 0.25) is 0 Å². The minimum Gasteiger partial charge on any atom is -0.378 e. The zero-order valence-electron chi connectivity index (χ0n) is 14.7. The van der Waals surface area contributed by atoms with Gasteiger partial charge in [0.25, 0.3) is 5.91 Å². The first kappa shape index (κ1) is 18.5. The maximum Gasteiger partial charge on any atom is 0.279 e. The molecule has 1 amide bonds. The molecular formula is C19H25BrN3O+. The van der Waals surface area contributed by atoms with Crippen molar-refractivity contribution >= 4 is 33.2 Å². The molecule has 5 heteroatoms. The number of carbonyl (C=O) groups excluding carboxylic acids is 1. The normalized spacial score (nSPS) is 11.9. The third kappa shape index (κ3) is 5.35. The molecule has 24 heavy (non-hydrogen) atoms. The van der Waals surface area contributed by atoms with Crippen LogP contribution >= 0.6 is 15.9 Å². The van der Waals surface area contributed by atoms with Crippen LogP contribution in [0.15, 0.2) is 46.9 Å². The van der Waals surface area contributed by atoms with Crippen molar-refractivity contribution in [1.29, 1.82) is 0 Å². The number of likely N-dealkylation sites (N-methyl/N-ethyl adjacent to an activating group) is 1. The average molecular weight is 391 g/mol. The van der Waals surface area contributed by atoms with E-state index in [4.69, 9.17) is 0 Å². The molecule has 0 saturated heterocycles. The lowest BCUT2D eigenvalue weighted by Gasteiger charge is -2.16. The van der Waals surface area contributed by atoms with E-state index in [1.165, 1.54) is 11.3 Å². The molecule has 128 valence electrons. The molecule has 0 saturated carbocycles. The smallest absolute Gasteiger partial charge is 0.279 e. The Balaban J connectivity index is 1.87. The molecule has 2 N–H and O–H groups in total. The van der Waals surface area contributed by atoms with Gasteiger partial charge in [-0.05, 0) is 42.8 Å². The van der Waals surface area contributed by atoms with Gasteiger partial charge in [0.15, 0.2) is 6.54 Å². The van der Waals surface area contributed by atoms with Gasteiger partial charge in [0, 0.05) is 35.5 Å². The van der Waals surface area contributed by atoms with Gasteiger partial charge in [-0.15, -0.1) is 0 Å². The van der Waals surface area contributed by atoms with Crippen molar-refractivity contribution in [2.75, 3.05) is 37.9 Å². The Morgan fingerprint density at radius 2 is 1.83 bits per heavy atom. The van der Waals surface area contributed by atoms with Crippen molar-refractivity contribution in [3.63, 3.8) is 0 Å². The number of hydrogen-bond acceptors (Lipinski definition) is 2. The van der Waals surface area contributed by atoms with Crippen molar-refractivity contribution in [3.05, 3.63) is 58.1 Å². The average Bonchev–Trinajstić information content (AvgIpc) is 2.51. The molecule has 0 bridgehead atoms. The van der Waals surface area contributed by atoms with Gasteiger partial charge in [-0.2, -0.15) is 0 Å². The highest BCUT2D eigenvalue weighted by molar-refractivity contribution is 9.10. The molecular weight excluding hydrogens is 366 g/mol. The number of halogens is 1. The summed E-state index contributed by atoms with van der Waals surface area (Å²) in [5.41, 5.74) is 4.35. The minimum absolute atomic E-state index is 0.0270. The number of carbonyl (C=O) groups is 1. The SMILES string of the molecule is Cc1cc(NC(=O)C[NH+](C)Cc2ccc(N(C)C)cc2)ccc1Br. The summed E-state index contributed by atoms with van der Waals surface area (Å²) in [7, 11) is 6.09. The number of hydrogen-bond donors (Lipinski definition) is 2. The predicted octanol–water partition coefficient (Wildman–Crippen LogP) is 2.48. The highest BCUT2D eigenvalue weighted by Crippen LogP contribution is 2.19. The molecule has 0 aliphatic rings. The van der Waals surface area contributed by atoms with Crippen LogP contribution in [0.3, 0.4) is 0 Å². The van der Waals surface area contributed by atoms with E-state index in [1.54, 1.807) is 0 Å². The molecule has 4 nitrogen and oxygen atoms in total. The second-order valence-electron chi connectivity index (χ2n) is 6.38. The Bertz CT molecular complexity index is 698. The van der Waals surface area contributed by atoms with Gasteiger partial charge in [-0.3, -0.25) is 4.79 Å². The lowest BCUT2D eigenvalue weighted by Crippen LogP contribution is -3.08. The molecule has 0 radical (unpaired) electrons. The van der Waals surface area contributed by atoms with E-state index < -0.39 is 0 Å². The van der Waals surface area contributed by atoms with E-state index in [0.717, 1.165) is 27.2 Å². The molecule has 1 unspecified atom stereocenters. The molecule has 0 fully saturated rings. The lowest BCUT2D eigenvalue weighted by atomic mass is 10.2. The Hall–Kier alpha value is -1.85. The maximum atomic E-state index is 12.2. The number of anilines is 2. The van der Waals surface area contributed by atoms with Crippen LogP contribution in [0.1, 0.15) is 11.1 Å². The fraction of sp³-hybridized carbons (Fsp3) is 0.316. The fourth-order valence-electron chi connectivity index (χ4n) is 2.52. The van der Waals surface area contributed by atoms with E-state index in [9.17, 15) is 4.79 Å². The number of benzene rings is 2. The number of nitrogens with one attached hydrogen (secondary N) is 2. The predicted molar refractivity (Wildman–Crippen MR) is 104 cm³/mol. The Labute approximate surface area is 152 Å². The molecule has 2 aromatic rings. The highest BCUT2D eigenvalue weighted by atomic mass is 79.9. The van der Waals surface area contributed by atoms with Crippen molar-refractivity contribution in [2.45, 2.75) is 13.5 Å². The summed E-state index contributed by atoms with van der Waals surface area (Å²) >= 11 is 3.47. The quantitative estimate of drug-likeness (QED) is 0.794. The summed E-state index contributed by atoms with van der Waals surface area (Å²) in [4.78, 5) is 15.4. The van der Waals surface area contributed by atoms with Crippen LogP contribution in [0.5, 0.6) is 0 Å². The van der Waals surface area contributed by atoms with Crippen LogP contribution in [0.4, 0.5) is 11.4 Å². The summed E-state index contributed by atoms with van der Waals surface area (Å²) in [5, 5.41) is 2.96. The number of nitrogens with zero attached hydrogens (tertiary/aromatic N) is 1. The monoisotopic (exact) mass is 390 g/mol. The van der Waals surface area contributed by atoms with Crippen molar-refractivity contribution in [3.8, 4) is 0 Å². The highest BCUT2D eigenvalue weighted by Gasteiger charge is 2.11. The number of amides is 1. The molecule has 0 aromatic heterocycles. The second-order valence-corrected chi connectivity index (χ2v) is 7.24. The van der Waals surface area contributed by atoms with Crippen LogP contribution in [-0.4, -0.2) is 33.6 Å². The zero-order chi connectivity index (χ0) is 17.7. The van der Waals surface area contributed by atoms with Crippen molar-refractivity contribution in [1.82, 2.24) is 0 Å². The summed E-state index contributed by atoms with van der Waals surface area (Å²) in [6.45, 7) is 3.26. The van der Waals surface area contributed by atoms with Gasteiger partial charge >= 0.3 is 0 Å². The number of quaternary nitrogens is 1. The Morgan fingerprint density at radius 3 is 2.42 bits per heavy atom. The van der Waals surface area contributed by atoms with E-state index >= 15 is 0 Å². The van der Waals surface area contributed by atoms with Crippen LogP contribution in [0, 0.1) is 6.92 Å². The molecule has 2 rings (SSSR count). The first-order valence-electron chi connectivity index (χ1n) is 7.98. The van der Waals surface area contributed by atoms with E-state index in [0.29, 0.717) is 6.54 Å². The number of rotatable bonds is 6. The van der Waals surface area contributed by atoms with Crippen LogP contribution in [-0.2, 0) is 11.3 Å². The maximum absolute atomic E-state index is 12.2. The molecule has 0 aliphatic heterocycles.